The number of nitrogens with zero attached hydrogens (tertiary/aromatic N) is 3. The molecule has 0 N–H and O–H groups in total. The Kier molecular flexibility index (Phi) is 5.83. The molecule has 1 fully saturated rings. The first-order valence-electron chi connectivity index (χ1n) is 7.96. The minimum atomic E-state index is -0.233. The summed E-state index contributed by atoms with van der Waals surface area (Å²) >= 11 is 5.96. The molecule has 0 radical (unpaired) electrons. The zero-order valence-corrected chi connectivity index (χ0v) is 14.9. The van der Waals surface area contributed by atoms with Gasteiger partial charge in [0.1, 0.15) is 19.8 Å². The molecule has 1 aliphatic rings. The second-order valence-electron chi connectivity index (χ2n) is 6.00. The van der Waals surface area contributed by atoms with Gasteiger partial charge in [-0.15, -0.1) is 0 Å². The van der Waals surface area contributed by atoms with Gasteiger partial charge in [-0.1, -0.05) is 24.6 Å². The highest BCUT2D eigenvalue weighted by atomic mass is 35.5. The Labute approximate surface area is 147 Å². The van der Waals surface area contributed by atoms with E-state index in [4.69, 9.17) is 11.6 Å². The molecule has 1 saturated heterocycles. The molecule has 2 rings (SSSR count). The third-order valence-corrected chi connectivity index (χ3v) is 4.20. The van der Waals surface area contributed by atoms with Crippen LogP contribution in [-0.2, 0) is 14.4 Å². The summed E-state index contributed by atoms with van der Waals surface area (Å²) < 4.78 is 0. The number of halogens is 1. The molecule has 3 amide bonds. The van der Waals surface area contributed by atoms with E-state index in [0.29, 0.717) is 17.1 Å². The Hall–Kier alpha value is -2.08. The molecule has 0 aliphatic carbocycles. The number of hydrogen-bond acceptors (Lipinski definition) is 3. The van der Waals surface area contributed by atoms with Crippen LogP contribution in [-0.4, -0.2) is 53.3 Å². The summed E-state index contributed by atoms with van der Waals surface area (Å²) in [5, 5.41) is 0.532. The van der Waals surface area contributed by atoms with Gasteiger partial charge in [0.2, 0.25) is 17.7 Å². The second-order valence-corrected chi connectivity index (χ2v) is 6.44. The van der Waals surface area contributed by atoms with Crippen LogP contribution >= 0.6 is 11.6 Å². The maximum Gasteiger partial charge on any atom is 0.248 e. The van der Waals surface area contributed by atoms with Gasteiger partial charge in [-0.05, 0) is 32.0 Å². The van der Waals surface area contributed by atoms with E-state index in [1.807, 2.05) is 13.8 Å². The van der Waals surface area contributed by atoms with Gasteiger partial charge >= 0.3 is 0 Å². The third kappa shape index (κ3) is 4.06. The van der Waals surface area contributed by atoms with Crippen LogP contribution < -0.4 is 4.90 Å². The summed E-state index contributed by atoms with van der Waals surface area (Å²) in [6.07, 6.45) is 0.346. The maximum absolute atomic E-state index is 12.5. The molecule has 0 bridgehead atoms. The van der Waals surface area contributed by atoms with Crippen molar-refractivity contribution in [2.45, 2.75) is 33.2 Å². The first kappa shape index (κ1) is 18.3. The third-order valence-electron chi connectivity index (χ3n) is 3.96. The minimum absolute atomic E-state index is 0.0115. The number of amides is 3. The summed E-state index contributed by atoms with van der Waals surface area (Å²) in [5.41, 5.74) is 0.660. The van der Waals surface area contributed by atoms with Crippen molar-refractivity contribution in [3.05, 3.63) is 29.3 Å². The SMILES string of the molecule is CCC(=O)N(CC(=O)N1CC(=O)N(c2cccc(Cl)c2)C1)C(C)C. The van der Waals surface area contributed by atoms with Crippen molar-refractivity contribution in [3.8, 4) is 0 Å². The molecule has 6 nitrogen and oxygen atoms in total. The fourth-order valence-electron chi connectivity index (χ4n) is 2.59. The van der Waals surface area contributed by atoms with Crippen molar-refractivity contribution in [2.75, 3.05) is 24.7 Å². The van der Waals surface area contributed by atoms with Crippen LogP contribution in [0.15, 0.2) is 24.3 Å². The lowest BCUT2D eigenvalue weighted by Gasteiger charge is -2.28. The molecule has 0 saturated carbocycles. The van der Waals surface area contributed by atoms with Crippen LogP contribution in [0.25, 0.3) is 0 Å². The fourth-order valence-corrected chi connectivity index (χ4v) is 2.78. The van der Waals surface area contributed by atoms with Crippen molar-refractivity contribution in [3.63, 3.8) is 0 Å². The summed E-state index contributed by atoms with van der Waals surface area (Å²) in [6.45, 7) is 5.67. The molecule has 7 heteroatoms. The molecule has 130 valence electrons. The van der Waals surface area contributed by atoms with E-state index in [-0.39, 0.29) is 43.5 Å². The summed E-state index contributed by atoms with van der Waals surface area (Å²) in [4.78, 5) is 41.2. The van der Waals surface area contributed by atoms with Gasteiger partial charge in [0.05, 0.1) is 0 Å². The minimum Gasteiger partial charge on any atom is -0.331 e. The van der Waals surface area contributed by atoms with Gasteiger partial charge in [-0.25, -0.2) is 0 Å². The first-order chi connectivity index (χ1) is 11.3. The van der Waals surface area contributed by atoms with Crippen molar-refractivity contribution in [1.82, 2.24) is 9.80 Å². The zero-order valence-electron chi connectivity index (χ0n) is 14.2. The van der Waals surface area contributed by atoms with Gasteiger partial charge in [0.15, 0.2) is 0 Å². The smallest absolute Gasteiger partial charge is 0.248 e. The highest BCUT2D eigenvalue weighted by Crippen LogP contribution is 2.23. The Balaban J connectivity index is 2.07. The summed E-state index contributed by atoms with van der Waals surface area (Å²) in [5.74, 6) is -0.470. The predicted molar refractivity (Wildman–Crippen MR) is 92.7 cm³/mol. The molecule has 0 unspecified atom stereocenters. The highest BCUT2D eigenvalue weighted by Gasteiger charge is 2.33. The molecular formula is C17H22ClN3O3. The second kappa shape index (κ2) is 7.66. The monoisotopic (exact) mass is 351 g/mol. The number of rotatable bonds is 5. The molecule has 1 aliphatic heterocycles. The van der Waals surface area contributed by atoms with E-state index in [9.17, 15) is 14.4 Å². The van der Waals surface area contributed by atoms with Crippen LogP contribution in [0.5, 0.6) is 0 Å². The quantitative estimate of drug-likeness (QED) is 0.816. The zero-order chi connectivity index (χ0) is 17.9. The standard InChI is InChI=1S/C17H22ClN3O3/c1-4-15(22)20(12(2)3)10-16(23)19-9-17(24)21(11-19)14-7-5-6-13(18)8-14/h5-8,12H,4,9-11H2,1-3H3. The van der Waals surface area contributed by atoms with Crippen LogP contribution in [0, 0.1) is 0 Å². The summed E-state index contributed by atoms with van der Waals surface area (Å²) in [6, 6.07) is 6.89. The number of benzene rings is 1. The molecular weight excluding hydrogens is 330 g/mol. The maximum atomic E-state index is 12.5. The fraction of sp³-hybridized carbons (Fsp3) is 0.471. The number of anilines is 1. The Morgan fingerprint density at radius 1 is 1.33 bits per heavy atom. The molecule has 0 aromatic heterocycles. The molecule has 0 atom stereocenters. The largest absolute Gasteiger partial charge is 0.331 e. The van der Waals surface area contributed by atoms with E-state index in [1.165, 1.54) is 14.7 Å². The van der Waals surface area contributed by atoms with E-state index in [0.717, 1.165) is 0 Å². The molecule has 24 heavy (non-hydrogen) atoms. The van der Waals surface area contributed by atoms with E-state index in [2.05, 4.69) is 0 Å². The van der Waals surface area contributed by atoms with Crippen molar-refractivity contribution < 1.29 is 14.4 Å². The van der Waals surface area contributed by atoms with Crippen molar-refractivity contribution in [2.24, 2.45) is 0 Å². The number of carbonyl (C=O) groups is 3. The Morgan fingerprint density at radius 2 is 2.04 bits per heavy atom. The molecule has 1 heterocycles. The number of carbonyl (C=O) groups excluding carboxylic acids is 3. The molecule has 1 aromatic carbocycles. The van der Waals surface area contributed by atoms with Crippen LogP contribution in [0.2, 0.25) is 5.02 Å². The number of hydrogen-bond donors (Lipinski definition) is 0. The van der Waals surface area contributed by atoms with Crippen molar-refractivity contribution >= 4 is 35.0 Å². The lowest BCUT2D eigenvalue weighted by Crippen LogP contribution is -2.45. The first-order valence-corrected chi connectivity index (χ1v) is 8.34. The van der Waals surface area contributed by atoms with Gasteiger partial charge in [-0.3, -0.25) is 19.3 Å². The van der Waals surface area contributed by atoms with E-state index < -0.39 is 0 Å². The lowest BCUT2D eigenvalue weighted by atomic mass is 10.2. The van der Waals surface area contributed by atoms with E-state index >= 15 is 0 Å². The summed E-state index contributed by atoms with van der Waals surface area (Å²) in [7, 11) is 0. The van der Waals surface area contributed by atoms with Crippen molar-refractivity contribution in [1.29, 1.82) is 0 Å². The van der Waals surface area contributed by atoms with Crippen LogP contribution in [0.4, 0.5) is 5.69 Å². The highest BCUT2D eigenvalue weighted by molar-refractivity contribution is 6.31. The molecule has 0 spiro atoms. The van der Waals surface area contributed by atoms with Gasteiger partial charge in [0.25, 0.3) is 0 Å². The average molecular weight is 352 g/mol. The normalized spacial score (nSPS) is 14.5. The van der Waals surface area contributed by atoms with Gasteiger partial charge < -0.3 is 9.80 Å². The van der Waals surface area contributed by atoms with Gasteiger partial charge in [0, 0.05) is 23.2 Å². The Bertz CT molecular complexity index is 648. The van der Waals surface area contributed by atoms with Gasteiger partial charge in [-0.2, -0.15) is 0 Å². The van der Waals surface area contributed by atoms with Crippen LogP contribution in [0.1, 0.15) is 27.2 Å². The lowest BCUT2D eigenvalue weighted by molar-refractivity contribution is -0.141. The topological polar surface area (TPSA) is 60.9 Å². The van der Waals surface area contributed by atoms with Crippen LogP contribution in [0.3, 0.4) is 0 Å². The Morgan fingerprint density at radius 3 is 2.62 bits per heavy atom. The van der Waals surface area contributed by atoms with E-state index in [1.54, 1.807) is 31.2 Å². The average Bonchev–Trinajstić information content (AvgIpc) is 2.93. The predicted octanol–water partition coefficient (Wildman–Crippen LogP) is 2.12. The molecule has 1 aromatic rings.